The summed E-state index contributed by atoms with van der Waals surface area (Å²) >= 11 is 0. The molecule has 3 aromatic carbocycles. The van der Waals surface area contributed by atoms with Gasteiger partial charge in [-0.1, -0.05) is 25.1 Å². The van der Waals surface area contributed by atoms with Crippen molar-refractivity contribution in [2.75, 3.05) is 32.2 Å². The topological polar surface area (TPSA) is 114 Å². The molecule has 0 bridgehead atoms. The van der Waals surface area contributed by atoms with Crippen molar-refractivity contribution in [1.29, 1.82) is 0 Å². The number of nitrogens with one attached hydrogen (secondary N) is 1. The van der Waals surface area contributed by atoms with Gasteiger partial charge in [0.05, 0.1) is 31.9 Å². The molecule has 1 atom stereocenters. The van der Waals surface area contributed by atoms with Crippen LogP contribution in [0.1, 0.15) is 50.8 Å². The number of amides is 2. The zero-order valence-electron chi connectivity index (χ0n) is 27.6. The van der Waals surface area contributed by atoms with E-state index in [2.05, 4.69) is 5.32 Å². The summed E-state index contributed by atoms with van der Waals surface area (Å²) in [6, 6.07) is 16.0. The molecule has 0 heterocycles. The lowest BCUT2D eigenvalue weighted by molar-refractivity contribution is -0.141. The van der Waals surface area contributed by atoms with Crippen LogP contribution in [0, 0.1) is 13.8 Å². The first-order chi connectivity index (χ1) is 21.1. The average Bonchev–Trinajstić information content (AvgIpc) is 2.97. The lowest BCUT2D eigenvalue weighted by atomic mass is 10.1. The molecule has 3 rings (SSSR count). The van der Waals surface area contributed by atoms with E-state index in [0.717, 1.165) is 21.0 Å². The monoisotopic (exact) mass is 639 g/mol. The molecule has 244 valence electrons. The normalized spacial score (nSPS) is 12.2. The third-order valence-electron chi connectivity index (χ3n) is 7.09. The zero-order valence-corrected chi connectivity index (χ0v) is 28.4. The molecular weight excluding hydrogens is 594 g/mol. The summed E-state index contributed by atoms with van der Waals surface area (Å²) in [5.74, 6) is 0.319. The van der Waals surface area contributed by atoms with Gasteiger partial charge >= 0.3 is 0 Å². The molecule has 0 aliphatic carbocycles. The second-order valence-electron chi connectivity index (χ2n) is 11.9. The van der Waals surface area contributed by atoms with Crippen LogP contribution in [-0.2, 0) is 26.2 Å². The zero-order chi connectivity index (χ0) is 33.5. The second-order valence-corrected chi connectivity index (χ2v) is 13.8. The van der Waals surface area contributed by atoms with Gasteiger partial charge in [-0.2, -0.15) is 0 Å². The van der Waals surface area contributed by atoms with Gasteiger partial charge in [0, 0.05) is 18.2 Å². The van der Waals surface area contributed by atoms with Gasteiger partial charge in [-0.05, 0) is 94.1 Å². The molecule has 0 aliphatic rings. The first kappa shape index (κ1) is 35.2. The molecular formula is C34H45N3O7S. The van der Waals surface area contributed by atoms with Gasteiger partial charge in [0.25, 0.3) is 10.0 Å². The number of ether oxygens (including phenoxy) is 3. The van der Waals surface area contributed by atoms with Gasteiger partial charge in [-0.15, -0.1) is 0 Å². The Hall–Kier alpha value is -4.25. The summed E-state index contributed by atoms with van der Waals surface area (Å²) in [5.41, 5.74) is 2.16. The quantitative estimate of drug-likeness (QED) is 0.272. The van der Waals surface area contributed by atoms with Gasteiger partial charge < -0.3 is 24.4 Å². The Morgan fingerprint density at radius 1 is 0.867 bits per heavy atom. The number of rotatable bonds is 13. The van der Waals surface area contributed by atoms with Crippen molar-refractivity contribution in [1.82, 2.24) is 10.2 Å². The highest BCUT2D eigenvalue weighted by atomic mass is 32.2. The highest BCUT2D eigenvalue weighted by molar-refractivity contribution is 7.92. The number of sulfonamides is 1. The van der Waals surface area contributed by atoms with Crippen molar-refractivity contribution in [3.63, 3.8) is 0 Å². The molecule has 0 saturated carbocycles. The summed E-state index contributed by atoms with van der Waals surface area (Å²) in [5, 5.41) is 2.98. The lowest BCUT2D eigenvalue weighted by Gasteiger charge is -2.35. The lowest BCUT2D eigenvalue weighted by Crippen LogP contribution is -2.55. The van der Waals surface area contributed by atoms with E-state index in [9.17, 15) is 18.0 Å². The molecule has 11 heteroatoms. The maximum Gasteiger partial charge on any atom is 0.264 e. The molecule has 0 aromatic heterocycles. The van der Waals surface area contributed by atoms with Crippen molar-refractivity contribution in [2.45, 2.75) is 71.0 Å². The molecule has 1 unspecified atom stereocenters. The number of benzene rings is 3. The van der Waals surface area contributed by atoms with E-state index in [1.807, 2.05) is 53.7 Å². The average molecular weight is 640 g/mol. The number of carbonyl (C=O) groups is 2. The van der Waals surface area contributed by atoms with Crippen LogP contribution in [0.15, 0.2) is 65.6 Å². The van der Waals surface area contributed by atoms with Crippen LogP contribution in [0.2, 0.25) is 0 Å². The third kappa shape index (κ3) is 8.91. The molecule has 45 heavy (non-hydrogen) atoms. The molecule has 0 radical (unpaired) electrons. The molecule has 2 amide bonds. The number of anilines is 1. The van der Waals surface area contributed by atoms with E-state index in [1.54, 1.807) is 37.4 Å². The Bertz CT molecular complexity index is 1600. The number of hydrogen-bond donors (Lipinski definition) is 1. The first-order valence-electron chi connectivity index (χ1n) is 14.7. The predicted octanol–water partition coefficient (Wildman–Crippen LogP) is 5.25. The van der Waals surface area contributed by atoms with E-state index in [0.29, 0.717) is 23.6 Å². The third-order valence-corrected chi connectivity index (χ3v) is 8.86. The van der Waals surface area contributed by atoms with E-state index in [-0.39, 0.29) is 23.1 Å². The smallest absolute Gasteiger partial charge is 0.264 e. The van der Waals surface area contributed by atoms with Crippen LogP contribution in [0.3, 0.4) is 0 Å². The van der Waals surface area contributed by atoms with Crippen LogP contribution in [0.25, 0.3) is 0 Å². The fourth-order valence-corrected chi connectivity index (χ4v) is 6.48. The van der Waals surface area contributed by atoms with Crippen molar-refractivity contribution in [2.24, 2.45) is 0 Å². The maximum atomic E-state index is 14.4. The largest absolute Gasteiger partial charge is 0.497 e. The Morgan fingerprint density at radius 2 is 1.51 bits per heavy atom. The van der Waals surface area contributed by atoms with E-state index in [1.165, 1.54) is 37.3 Å². The fraction of sp³-hybridized carbons (Fsp3) is 0.412. The molecule has 0 fully saturated rings. The standard InChI is InChI=1S/C34H45N3O7S/c1-10-29(33(39)35-34(4,5)6)36(21-25-12-11-13-27(19-25)42-7)32(38)22-37(26-17-23(2)16-24(3)18-26)45(40,41)28-14-15-30(43-8)31(20-28)44-9/h11-20,29H,10,21-22H2,1-9H3,(H,35,39). The van der Waals surface area contributed by atoms with Crippen LogP contribution < -0.4 is 23.8 Å². The molecule has 1 N–H and O–H groups in total. The van der Waals surface area contributed by atoms with Gasteiger partial charge in [0.1, 0.15) is 18.3 Å². The molecule has 0 saturated heterocycles. The number of aryl methyl sites for hydroxylation is 2. The number of nitrogens with zero attached hydrogens (tertiary/aromatic N) is 2. The highest BCUT2D eigenvalue weighted by Gasteiger charge is 2.35. The maximum absolute atomic E-state index is 14.4. The number of carbonyl (C=O) groups excluding carboxylic acids is 2. The Kier molecular flexibility index (Phi) is 11.5. The van der Waals surface area contributed by atoms with Crippen molar-refractivity contribution in [3.05, 3.63) is 77.4 Å². The van der Waals surface area contributed by atoms with Crippen molar-refractivity contribution in [3.8, 4) is 17.2 Å². The van der Waals surface area contributed by atoms with Gasteiger partial charge in [-0.25, -0.2) is 8.42 Å². The SMILES string of the molecule is CCC(C(=O)NC(C)(C)C)N(Cc1cccc(OC)c1)C(=O)CN(c1cc(C)cc(C)c1)S(=O)(=O)c1ccc(OC)c(OC)c1. The van der Waals surface area contributed by atoms with Gasteiger partial charge in [-0.3, -0.25) is 13.9 Å². The van der Waals surface area contributed by atoms with Crippen molar-refractivity contribution >= 4 is 27.5 Å². The summed E-state index contributed by atoms with van der Waals surface area (Å²) in [6.07, 6.45) is 0.309. The minimum absolute atomic E-state index is 0.0587. The van der Waals surface area contributed by atoms with Crippen molar-refractivity contribution < 1.29 is 32.2 Å². The second kappa shape index (κ2) is 14.7. The molecule has 10 nitrogen and oxygen atoms in total. The molecule has 0 aliphatic heterocycles. The van der Waals surface area contributed by atoms with E-state index < -0.39 is 34.1 Å². The Labute approximate surface area is 267 Å². The van der Waals surface area contributed by atoms with Crippen LogP contribution >= 0.6 is 0 Å². The summed E-state index contributed by atoms with van der Waals surface area (Å²) in [6.45, 7) is 10.6. The van der Waals surface area contributed by atoms with Crippen LogP contribution in [0.5, 0.6) is 17.2 Å². The number of hydrogen-bond acceptors (Lipinski definition) is 7. The summed E-state index contributed by atoms with van der Waals surface area (Å²) < 4.78 is 45.8. The Morgan fingerprint density at radius 3 is 2.07 bits per heavy atom. The molecule has 3 aromatic rings. The van der Waals surface area contributed by atoms with Gasteiger partial charge in [0.2, 0.25) is 11.8 Å². The highest BCUT2D eigenvalue weighted by Crippen LogP contribution is 2.33. The van der Waals surface area contributed by atoms with E-state index >= 15 is 0 Å². The van der Waals surface area contributed by atoms with E-state index in [4.69, 9.17) is 14.2 Å². The first-order valence-corrected chi connectivity index (χ1v) is 16.1. The minimum atomic E-state index is -4.31. The Balaban J connectivity index is 2.16. The van der Waals surface area contributed by atoms with Gasteiger partial charge in [0.15, 0.2) is 11.5 Å². The predicted molar refractivity (Wildman–Crippen MR) is 176 cm³/mol. The minimum Gasteiger partial charge on any atom is -0.497 e. The summed E-state index contributed by atoms with van der Waals surface area (Å²) in [7, 11) is 0.123. The van der Waals surface area contributed by atoms with Crippen LogP contribution in [-0.4, -0.2) is 64.6 Å². The van der Waals surface area contributed by atoms with Crippen LogP contribution in [0.4, 0.5) is 5.69 Å². The number of methoxy groups -OCH3 is 3. The summed E-state index contributed by atoms with van der Waals surface area (Å²) in [4.78, 5) is 29.3. The fourth-order valence-electron chi connectivity index (χ4n) is 5.07. The molecule has 0 spiro atoms.